The predicted molar refractivity (Wildman–Crippen MR) is 314 cm³/mol. The van der Waals surface area contributed by atoms with Gasteiger partial charge < -0.3 is 18.8 Å². The van der Waals surface area contributed by atoms with E-state index in [-0.39, 0.29) is 0 Å². The Morgan fingerprint density at radius 2 is 0.718 bits per heavy atom. The molecule has 0 amide bonds. The third-order valence-electron chi connectivity index (χ3n) is 17.2. The first kappa shape index (κ1) is 43.1. The van der Waals surface area contributed by atoms with Gasteiger partial charge >= 0.3 is 0 Å². The molecule has 78 heavy (non-hydrogen) atoms. The Kier molecular flexibility index (Phi) is 8.94. The number of fused-ring (bicyclic) bond motifs is 21. The summed E-state index contributed by atoms with van der Waals surface area (Å²) in [6.45, 7) is 0. The van der Waals surface area contributed by atoms with Gasteiger partial charge in [-0.05, 0) is 133 Å². The van der Waals surface area contributed by atoms with Crippen molar-refractivity contribution < 1.29 is 13.9 Å². The molecule has 2 aliphatic carbocycles. The fourth-order valence-corrected chi connectivity index (χ4v) is 14.2. The molecule has 2 spiro atoms. The lowest BCUT2D eigenvalue weighted by Gasteiger charge is -2.43. The predicted octanol–water partition coefficient (Wildman–Crippen LogP) is 19.3. The molecule has 0 unspecified atom stereocenters. The number of rotatable bonds is 5. The summed E-state index contributed by atoms with van der Waals surface area (Å²) in [7, 11) is 0. The van der Waals surface area contributed by atoms with Crippen LogP contribution >= 0.6 is 0 Å². The zero-order valence-electron chi connectivity index (χ0n) is 42.2. The highest BCUT2D eigenvalue weighted by molar-refractivity contribution is 6.12. The molecule has 0 saturated carbocycles. The summed E-state index contributed by atoms with van der Waals surface area (Å²) < 4.78 is 20.4. The fraction of sp³-hybridized carbons (Fsp3) is 0.0270. The van der Waals surface area contributed by atoms with Crippen LogP contribution in [-0.2, 0) is 10.8 Å². The van der Waals surface area contributed by atoms with Crippen molar-refractivity contribution in [1.82, 2.24) is 0 Å². The molecule has 13 aromatic rings. The van der Waals surface area contributed by atoms with E-state index in [0.29, 0.717) is 0 Å². The molecule has 17 rings (SSSR count). The molecule has 0 saturated heterocycles. The third kappa shape index (κ3) is 5.73. The second-order valence-electron chi connectivity index (χ2n) is 20.9. The van der Waals surface area contributed by atoms with E-state index in [4.69, 9.17) is 13.9 Å². The number of anilines is 3. The quantitative estimate of drug-likeness (QED) is 0.172. The number of furan rings is 1. The van der Waals surface area contributed by atoms with Crippen LogP contribution in [0.15, 0.2) is 277 Å². The molecule has 1 aromatic heterocycles. The zero-order valence-corrected chi connectivity index (χ0v) is 42.2. The van der Waals surface area contributed by atoms with Crippen LogP contribution in [-0.4, -0.2) is 0 Å². The lowest BCUT2D eigenvalue weighted by Crippen LogP contribution is -2.34. The number of hydrogen-bond donors (Lipinski definition) is 0. The van der Waals surface area contributed by atoms with Crippen molar-refractivity contribution in [3.63, 3.8) is 0 Å². The van der Waals surface area contributed by atoms with Gasteiger partial charge in [0.25, 0.3) is 0 Å². The van der Waals surface area contributed by atoms with E-state index in [1.54, 1.807) is 0 Å². The summed E-state index contributed by atoms with van der Waals surface area (Å²) in [5.74, 6) is 3.38. The van der Waals surface area contributed by atoms with E-state index < -0.39 is 10.8 Å². The van der Waals surface area contributed by atoms with Crippen LogP contribution in [0.4, 0.5) is 17.1 Å². The maximum atomic E-state index is 7.15. The Morgan fingerprint density at radius 1 is 0.282 bits per heavy atom. The fourth-order valence-electron chi connectivity index (χ4n) is 14.2. The van der Waals surface area contributed by atoms with E-state index in [1.807, 2.05) is 12.1 Å². The summed E-state index contributed by atoms with van der Waals surface area (Å²) in [5.41, 5.74) is 22.3. The molecule has 12 aromatic carbocycles. The molecule has 0 N–H and O–H groups in total. The topological polar surface area (TPSA) is 34.8 Å². The highest BCUT2D eigenvalue weighted by Crippen LogP contribution is 2.66. The van der Waals surface area contributed by atoms with Crippen molar-refractivity contribution in [2.45, 2.75) is 10.8 Å². The maximum Gasteiger partial charge on any atom is 0.136 e. The monoisotopic (exact) mass is 995 g/mol. The molecule has 4 aliphatic rings. The number of nitrogens with zero attached hydrogens (tertiary/aromatic N) is 1. The number of ether oxygens (including phenoxy) is 2. The van der Waals surface area contributed by atoms with Crippen molar-refractivity contribution in [3.8, 4) is 67.5 Å². The minimum Gasteiger partial charge on any atom is -0.457 e. The van der Waals surface area contributed by atoms with Gasteiger partial charge in [0.15, 0.2) is 0 Å². The molecular formula is C74H45NO3. The van der Waals surface area contributed by atoms with Gasteiger partial charge in [0.1, 0.15) is 34.2 Å². The van der Waals surface area contributed by atoms with E-state index in [0.717, 1.165) is 107 Å². The Hall–Kier alpha value is -10.2. The Balaban J connectivity index is 0.890. The van der Waals surface area contributed by atoms with Crippen molar-refractivity contribution in [2.24, 2.45) is 0 Å². The highest BCUT2D eigenvalue weighted by Gasteiger charge is 2.54. The zero-order chi connectivity index (χ0) is 51.1. The minimum atomic E-state index is -0.720. The Labute approximate surface area is 451 Å². The van der Waals surface area contributed by atoms with E-state index >= 15 is 0 Å². The SMILES string of the molecule is c1ccc2c(c1)Oc1ccc(N(c3ccc(-c4ccc(-c5cccc6oc7ccccc7c56)cc4)cc3)c3cccc4c3C3(c5ccccc5O4)c4ccccc4-c4ccccc43)cc1C21c2ccccc2-c2ccccc21. The first-order valence-electron chi connectivity index (χ1n) is 26.8. The summed E-state index contributed by atoms with van der Waals surface area (Å²) in [6.07, 6.45) is 0. The average molecular weight is 996 g/mol. The summed E-state index contributed by atoms with van der Waals surface area (Å²) >= 11 is 0. The molecule has 0 bridgehead atoms. The summed E-state index contributed by atoms with van der Waals surface area (Å²) in [6, 6.07) is 99.1. The molecule has 0 atom stereocenters. The second-order valence-corrected chi connectivity index (χ2v) is 20.9. The summed E-state index contributed by atoms with van der Waals surface area (Å²) in [4.78, 5) is 2.46. The van der Waals surface area contributed by atoms with E-state index in [1.165, 1.54) is 44.5 Å². The average Bonchev–Trinajstić information content (AvgIpc) is 3.71. The smallest absolute Gasteiger partial charge is 0.136 e. The van der Waals surface area contributed by atoms with Crippen molar-refractivity contribution in [2.75, 3.05) is 4.90 Å². The normalized spacial score (nSPS) is 14.1. The van der Waals surface area contributed by atoms with Gasteiger partial charge in [0.2, 0.25) is 0 Å². The molecule has 0 radical (unpaired) electrons. The molecule has 364 valence electrons. The largest absolute Gasteiger partial charge is 0.457 e. The Bertz CT molecular complexity index is 4550. The van der Waals surface area contributed by atoms with Gasteiger partial charge in [0, 0.05) is 44.4 Å². The summed E-state index contributed by atoms with van der Waals surface area (Å²) in [5, 5.41) is 2.26. The second kappa shape index (κ2) is 16.2. The van der Waals surface area contributed by atoms with Crippen LogP contribution in [0.2, 0.25) is 0 Å². The van der Waals surface area contributed by atoms with Crippen molar-refractivity contribution in [1.29, 1.82) is 0 Å². The number of para-hydroxylation sites is 3. The first-order chi connectivity index (χ1) is 38.7. The maximum absolute atomic E-state index is 7.15. The molecular weight excluding hydrogens is 951 g/mol. The third-order valence-corrected chi connectivity index (χ3v) is 17.2. The van der Waals surface area contributed by atoms with Gasteiger partial charge in [-0.15, -0.1) is 0 Å². The van der Waals surface area contributed by atoms with Crippen LogP contribution in [0, 0.1) is 0 Å². The minimum absolute atomic E-state index is 0.659. The first-order valence-corrected chi connectivity index (χ1v) is 26.8. The van der Waals surface area contributed by atoms with Gasteiger partial charge in [-0.3, -0.25) is 0 Å². The van der Waals surface area contributed by atoms with Gasteiger partial charge in [-0.2, -0.15) is 0 Å². The van der Waals surface area contributed by atoms with Gasteiger partial charge in [-0.1, -0.05) is 206 Å². The number of benzene rings is 12. The van der Waals surface area contributed by atoms with Crippen molar-refractivity contribution in [3.05, 3.63) is 317 Å². The Morgan fingerprint density at radius 3 is 1.36 bits per heavy atom. The molecule has 3 heterocycles. The van der Waals surface area contributed by atoms with Crippen LogP contribution < -0.4 is 14.4 Å². The van der Waals surface area contributed by atoms with E-state index in [9.17, 15) is 0 Å². The lowest BCUT2D eigenvalue weighted by atomic mass is 9.65. The molecule has 0 fully saturated rings. The number of hydrogen-bond acceptors (Lipinski definition) is 4. The van der Waals surface area contributed by atoms with E-state index in [2.05, 4.69) is 266 Å². The van der Waals surface area contributed by atoms with Gasteiger partial charge in [0.05, 0.1) is 16.5 Å². The molecule has 4 nitrogen and oxygen atoms in total. The standard InChI is InChI=1S/C74H45NO3/c1-6-23-57-52(17-1)53-18-2-7-24-58(53)73(57)61-27-10-13-31-66(61)77-68-44-43-50(45-63(68)73)75(49-41-39-47(40-42-49)46-35-37-48(38-36-46)51-22-15-33-69-71(51)56-21-5-12-30-65(56)76-69)64-29-16-34-70-72(64)74(62-28-11-14-32-67(62)78-70)59-25-8-3-19-54(59)55-20-4-9-26-60(55)74/h1-45H. The van der Waals surface area contributed by atoms with Crippen LogP contribution in [0.25, 0.3) is 66.4 Å². The van der Waals surface area contributed by atoms with Gasteiger partial charge in [-0.25, -0.2) is 0 Å². The highest BCUT2D eigenvalue weighted by atomic mass is 16.5. The van der Waals surface area contributed by atoms with Crippen LogP contribution in [0.3, 0.4) is 0 Å². The van der Waals surface area contributed by atoms with Crippen LogP contribution in [0.1, 0.15) is 44.5 Å². The molecule has 4 heteroatoms. The van der Waals surface area contributed by atoms with Crippen molar-refractivity contribution >= 4 is 39.0 Å². The lowest BCUT2D eigenvalue weighted by molar-refractivity contribution is 0.436. The van der Waals surface area contributed by atoms with Crippen LogP contribution in [0.5, 0.6) is 23.0 Å². The molecule has 2 aliphatic heterocycles.